The molecule has 2 aromatic rings. The van der Waals surface area contributed by atoms with Crippen LogP contribution in [0.2, 0.25) is 0 Å². The summed E-state index contributed by atoms with van der Waals surface area (Å²) in [6, 6.07) is 2.31. The van der Waals surface area contributed by atoms with Gasteiger partial charge in [-0.3, -0.25) is 14.8 Å². The van der Waals surface area contributed by atoms with Crippen molar-refractivity contribution in [1.29, 1.82) is 0 Å². The van der Waals surface area contributed by atoms with Gasteiger partial charge in [-0.05, 0) is 38.3 Å². The molecule has 0 bridgehead atoms. The van der Waals surface area contributed by atoms with Crippen LogP contribution >= 0.6 is 0 Å². The van der Waals surface area contributed by atoms with Gasteiger partial charge in [0.05, 0.1) is 6.04 Å². The number of aromatic amines is 1. The van der Waals surface area contributed by atoms with Gasteiger partial charge in [-0.15, -0.1) is 0 Å². The van der Waals surface area contributed by atoms with E-state index < -0.39 is 0 Å². The third kappa shape index (κ3) is 2.74. The predicted octanol–water partition coefficient (Wildman–Crippen LogP) is 1.02. The highest BCUT2D eigenvalue weighted by molar-refractivity contribution is 5.90. The van der Waals surface area contributed by atoms with Crippen LogP contribution in [0.4, 0.5) is 0 Å². The Morgan fingerprint density at radius 1 is 1.45 bits per heavy atom. The Bertz CT molecular complexity index is 648. The molecule has 2 N–H and O–H groups in total. The molecule has 8 heteroatoms. The second kappa shape index (κ2) is 5.53. The summed E-state index contributed by atoms with van der Waals surface area (Å²) in [6.45, 7) is 1.73. The number of hydrogen-bond donors (Lipinski definition) is 2. The maximum atomic E-state index is 11.9. The van der Waals surface area contributed by atoms with Gasteiger partial charge in [0.2, 0.25) is 5.89 Å². The van der Waals surface area contributed by atoms with Crippen molar-refractivity contribution < 1.29 is 9.32 Å². The Hall–Kier alpha value is -2.22. The highest BCUT2D eigenvalue weighted by Crippen LogP contribution is 2.32. The van der Waals surface area contributed by atoms with Crippen molar-refractivity contribution in [2.45, 2.75) is 44.3 Å². The summed E-state index contributed by atoms with van der Waals surface area (Å²) in [7, 11) is 0. The van der Waals surface area contributed by atoms with Crippen molar-refractivity contribution in [3.05, 3.63) is 29.7 Å². The third-order valence-electron chi connectivity index (χ3n) is 4.14. The zero-order valence-electron chi connectivity index (χ0n) is 12.2. The second-order valence-electron chi connectivity index (χ2n) is 5.91. The zero-order chi connectivity index (χ0) is 14.9. The van der Waals surface area contributed by atoms with E-state index in [0.717, 1.165) is 44.5 Å². The lowest BCUT2D eigenvalue weighted by Crippen LogP contribution is -2.27. The monoisotopic (exact) mass is 302 g/mol. The standard InChI is InChI=1S/C14H18N6O2/c21-13(16-9-3-4-9)12-17-14(22-19-12)11-2-1-7-20(11)8-10-5-6-15-18-10/h5-6,9,11H,1-4,7-8H2,(H,15,18)(H,16,21)/t11-/m0/s1. The van der Waals surface area contributed by atoms with E-state index in [-0.39, 0.29) is 23.8 Å². The Morgan fingerprint density at radius 3 is 3.14 bits per heavy atom. The largest absolute Gasteiger partial charge is 0.346 e. The fourth-order valence-corrected chi connectivity index (χ4v) is 2.83. The molecule has 2 fully saturated rings. The number of likely N-dealkylation sites (tertiary alicyclic amines) is 1. The highest BCUT2D eigenvalue weighted by atomic mass is 16.5. The van der Waals surface area contributed by atoms with Gasteiger partial charge < -0.3 is 9.84 Å². The molecule has 0 radical (unpaired) electrons. The van der Waals surface area contributed by atoms with Gasteiger partial charge in [0.25, 0.3) is 11.7 Å². The predicted molar refractivity (Wildman–Crippen MR) is 75.8 cm³/mol. The van der Waals surface area contributed by atoms with Crippen molar-refractivity contribution >= 4 is 5.91 Å². The lowest BCUT2D eigenvalue weighted by molar-refractivity contribution is 0.0937. The van der Waals surface area contributed by atoms with Crippen LogP contribution in [0.1, 0.15) is 53.9 Å². The molecule has 0 unspecified atom stereocenters. The molecular formula is C14H18N6O2. The van der Waals surface area contributed by atoms with Gasteiger partial charge in [0.15, 0.2) is 0 Å². The Balaban J connectivity index is 1.45. The topological polar surface area (TPSA) is 99.9 Å². The van der Waals surface area contributed by atoms with Crippen LogP contribution < -0.4 is 5.32 Å². The summed E-state index contributed by atoms with van der Waals surface area (Å²) in [5, 5.41) is 13.6. The lowest BCUT2D eigenvalue weighted by atomic mass is 10.2. The first kappa shape index (κ1) is 13.4. The van der Waals surface area contributed by atoms with Crippen molar-refractivity contribution in [3.63, 3.8) is 0 Å². The third-order valence-corrected chi connectivity index (χ3v) is 4.14. The average molecular weight is 302 g/mol. The summed E-state index contributed by atoms with van der Waals surface area (Å²) in [6.07, 6.45) is 5.85. The molecule has 22 heavy (non-hydrogen) atoms. The molecule has 3 heterocycles. The van der Waals surface area contributed by atoms with Crippen LogP contribution in [-0.2, 0) is 6.54 Å². The molecular weight excluding hydrogens is 284 g/mol. The van der Waals surface area contributed by atoms with Crippen LogP contribution in [-0.4, -0.2) is 43.7 Å². The highest BCUT2D eigenvalue weighted by Gasteiger charge is 2.32. The minimum absolute atomic E-state index is 0.0678. The van der Waals surface area contributed by atoms with E-state index in [0.29, 0.717) is 5.89 Å². The minimum atomic E-state index is -0.240. The van der Waals surface area contributed by atoms with E-state index in [2.05, 4.69) is 30.6 Å². The SMILES string of the molecule is O=C(NC1CC1)c1noc([C@@H]2CCCN2Cc2ccn[nH]2)n1. The minimum Gasteiger partial charge on any atom is -0.346 e. The lowest BCUT2D eigenvalue weighted by Gasteiger charge is -2.20. The van der Waals surface area contributed by atoms with Crippen molar-refractivity contribution in [2.24, 2.45) is 0 Å². The van der Waals surface area contributed by atoms with Gasteiger partial charge >= 0.3 is 0 Å². The molecule has 1 aliphatic carbocycles. The van der Waals surface area contributed by atoms with E-state index in [1.54, 1.807) is 6.20 Å². The van der Waals surface area contributed by atoms with Crippen molar-refractivity contribution in [2.75, 3.05) is 6.54 Å². The normalized spacial score (nSPS) is 22.1. The molecule has 8 nitrogen and oxygen atoms in total. The van der Waals surface area contributed by atoms with E-state index in [1.807, 2.05) is 6.07 Å². The first-order chi connectivity index (χ1) is 10.8. The molecule has 0 aromatic carbocycles. The molecule has 1 aliphatic heterocycles. The van der Waals surface area contributed by atoms with E-state index >= 15 is 0 Å². The summed E-state index contributed by atoms with van der Waals surface area (Å²) in [4.78, 5) is 18.5. The number of nitrogens with one attached hydrogen (secondary N) is 2. The van der Waals surface area contributed by atoms with E-state index in [4.69, 9.17) is 4.52 Å². The fourth-order valence-electron chi connectivity index (χ4n) is 2.83. The van der Waals surface area contributed by atoms with Gasteiger partial charge in [0, 0.05) is 24.5 Å². The smallest absolute Gasteiger partial charge is 0.292 e. The van der Waals surface area contributed by atoms with Crippen molar-refractivity contribution in [1.82, 2.24) is 30.6 Å². The molecule has 4 rings (SSSR count). The maximum Gasteiger partial charge on any atom is 0.292 e. The number of nitrogens with zero attached hydrogens (tertiary/aromatic N) is 4. The summed E-state index contributed by atoms with van der Waals surface area (Å²) >= 11 is 0. The van der Waals surface area contributed by atoms with Gasteiger partial charge in [-0.2, -0.15) is 10.1 Å². The van der Waals surface area contributed by atoms with Gasteiger partial charge in [0.1, 0.15) is 0 Å². The average Bonchev–Trinajstić information content (AvgIpc) is 2.98. The summed E-state index contributed by atoms with van der Waals surface area (Å²) < 4.78 is 5.33. The molecule has 1 amide bonds. The zero-order valence-corrected chi connectivity index (χ0v) is 12.2. The molecule has 2 aliphatic rings. The maximum absolute atomic E-state index is 11.9. The molecule has 1 saturated carbocycles. The molecule has 0 spiro atoms. The molecule has 1 atom stereocenters. The number of H-pyrrole nitrogens is 1. The number of hydrogen-bond acceptors (Lipinski definition) is 6. The molecule has 2 aromatic heterocycles. The Morgan fingerprint density at radius 2 is 2.36 bits per heavy atom. The second-order valence-corrected chi connectivity index (χ2v) is 5.91. The number of carbonyl (C=O) groups is 1. The van der Waals surface area contributed by atoms with Crippen LogP contribution in [0.15, 0.2) is 16.8 Å². The summed E-state index contributed by atoms with van der Waals surface area (Å²) in [5.41, 5.74) is 1.05. The number of amides is 1. The first-order valence-electron chi connectivity index (χ1n) is 7.66. The van der Waals surface area contributed by atoms with Gasteiger partial charge in [-0.1, -0.05) is 5.16 Å². The quantitative estimate of drug-likeness (QED) is 0.855. The van der Waals surface area contributed by atoms with E-state index in [1.165, 1.54) is 0 Å². The van der Waals surface area contributed by atoms with Crippen LogP contribution in [0.25, 0.3) is 0 Å². The van der Waals surface area contributed by atoms with Crippen LogP contribution in [0, 0.1) is 0 Å². The van der Waals surface area contributed by atoms with Crippen molar-refractivity contribution in [3.8, 4) is 0 Å². The number of aromatic nitrogens is 4. The Kier molecular flexibility index (Phi) is 3.38. The number of carbonyl (C=O) groups excluding carboxylic acids is 1. The molecule has 116 valence electrons. The number of rotatable bonds is 5. The van der Waals surface area contributed by atoms with E-state index in [9.17, 15) is 4.79 Å². The summed E-state index contributed by atoms with van der Waals surface area (Å²) in [5.74, 6) is 0.420. The fraction of sp³-hybridized carbons (Fsp3) is 0.571. The Labute approximate surface area is 127 Å². The van der Waals surface area contributed by atoms with Crippen LogP contribution in [0.5, 0.6) is 0 Å². The van der Waals surface area contributed by atoms with Crippen LogP contribution in [0.3, 0.4) is 0 Å². The first-order valence-corrected chi connectivity index (χ1v) is 7.66. The van der Waals surface area contributed by atoms with Gasteiger partial charge in [-0.25, -0.2) is 0 Å². The molecule has 1 saturated heterocycles.